The number of aromatic amines is 1. The number of H-pyrrole nitrogens is 1. The van der Waals surface area contributed by atoms with Crippen LogP contribution in [0.1, 0.15) is 29.0 Å². The van der Waals surface area contributed by atoms with Crippen LogP contribution in [0.4, 0.5) is 5.13 Å². The molecule has 0 radical (unpaired) electrons. The van der Waals surface area contributed by atoms with Gasteiger partial charge in [-0.1, -0.05) is 6.07 Å². The molecule has 3 aromatic heterocycles. The highest BCUT2D eigenvalue weighted by atomic mass is 32.1. The number of nitrogens with one attached hydrogen (secondary N) is 2. The summed E-state index contributed by atoms with van der Waals surface area (Å²) in [4.78, 5) is 23.4. The molecule has 0 unspecified atom stereocenters. The Morgan fingerprint density at radius 3 is 2.96 bits per heavy atom. The molecule has 25 heavy (non-hydrogen) atoms. The van der Waals surface area contributed by atoms with E-state index in [1.165, 1.54) is 12.8 Å². The molecule has 1 saturated heterocycles. The van der Waals surface area contributed by atoms with Crippen LogP contribution in [0.25, 0.3) is 11.4 Å². The van der Waals surface area contributed by atoms with Gasteiger partial charge < -0.3 is 10.2 Å². The van der Waals surface area contributed by atoms with Crippen molar-refractivity contribution in [2.24, 2.45) is 0 Å². The molecule has 128 valence electrons. The molecule has 7 nitrogen and oxygen atoms in total. The summed E-state index contributed by atoms with van der Waals surface area (Å²) in [6.07, 6.45) is 4.15. The van der Waals surface area contributed by atoms with Crippen molar-refractivity contribution in [2.45, 2.75) is 19.4 Å². The maximum Gasteiger partial charge on any atom is 0.269 e. The molecule has 0 aliphatic carbocycles. The lowest BCUT2D eigenvalue weighted by Gasteiger charge is -2.12. The van der Waals surface area contributed by atoms with Crippen molar-refractivity contribution in [3.8, 4) is 11.4 Å². The molecule has 0 bridgehead atoms. The Kier molecular flexibility index (Phi) is 4.43. The first-order valence-electron chi connectivity index (χ1n) is 8.24. The standard InChI is InChI=1S/C17H18N6OS/c24-16(15-9-14(21-22-15)13-5-1-2-6-18-13)19-10-12-11-25-17(20-12)23-7-3-4-8-23/h1-2,5-6,9,11H,3-4,7-8,10H2,(H,19,24)(H,21,22). The predicted octanol–water partition coefficient (Wildman–Crippen LogP) is 2.46. The second kappa shape index (κ2) is 7.02. The molecule has 0 spiro atoms. The molecule has 0 atom stereocenters. The summed E-state index contributed by atoms with van der Waals surface area (Å²) in [7, 11) is 0. The van der Waals surface area contributed by atoms with E-state index in [-0.39, 0.29) is 5.91 Å². The SMILES string of the molecule is O=C(NCc1csc(N2CCCC2)n1)c1cc(-c2ccccn2)n[nH]1. The second-order valence-corrected chi connectivity index (χ2v) is 6.72. The molecule has 0 saturated carbocycles. The molecule has 1 amide bonds. The normalized spacial score (nSPS) is 14.0. The highest BCUT2D eigenvalue weighted by molar-refractivity contribution is 7.13. The number of hydrogen-bond acceptors (Lipinski definition) is 6. The fourth-order valence-corrected chi connectivity index (χ4v) is 3.66. The average Bonchev–Trinajstić information content (AvgIpc) is 3.41. The zero-order chi connectivity index (χ0) is 17.1. The van der Waals surface area contributed by atoms with Crippen LogP contribution in [0.2, 0.25) is 0 Å². The van der Waals surface area contributed by atoms with Crippen LogP contribution in [0, 0.1) is 0 Å². The first kappa shape index (κ1) is 15.8. The van der Waals surface area contributed by atoms with Crippen LogP contribution in [-0.2, 0) is 6.54 Å². The van der Waals surface area contributed by atoms with E-state index >= 15 is 0 Å². The first-order chi connectivity index (χ1) is 12.3. The van der Waals surface area contributed by atoms with E-state index in [4.69, 9.17) is 0 Å². The number of aromatic nitrogens is 4. The first-order valence-corrected chi connectivity index (χ1v) is 9.12. The fraction of sp³-hybridized carbons (Fsp3) is 0.294. The maximum atomic E-state index is 12.3. The summed E-state index contributed by atoms with van der Waals surface area (Å²) in [6.45, 7) is 2.55. The van der Waals surface area contributed by atoms with Gasteiger partial charge in [-0.2, -0.15) is 5.10 Å². The largest absolute Gasteiger partial charge is 0.348 e. The van der Waals surface area contributed by atoms with Crippen molar-refractivity contribution in [3.63, 3.8) is 0 Å². The van der Waals surface area contributed by atoms with Gasteiger partial charge in [0.15, 0.2) is 5.13 Å². The quantitative estimate of drug-likeness (QED) is 0.735. The van der Waals surface area contributed by atoms with E-state index in [9.17, 15) is 4.79 Å². The molecule has 4 heterocycles. The van der Waals surface area contributed by atoms with Crippen molar-refractivity contribution in [1.82, 2.24) is 25.5 Å². The fourth-order valence-electron chi connectivity index (χ4n) is 2.78. The molecule has 2 N–H and O–H groups in total. The summed E-state index contributed by atoms with van der Waals surface area (Å²) < 4.78 is 0. The van der Waals surface area contributed by atoms with E-state index in [2.05, 4.69) is 30.4 Å². The zero-order valence-corrected chi connectivity index (χ0v) is 14.4. The van der Waals surface area contributed by atoms with Gasteiger partial charge in [0.25, 0.3) is 5.91 Å². The molecule has 1 aliphatic rings. The number of nitrogens with zero attached hydrogens (tertiary/aromatic N) is 4. The third kappa shape index (κ3) is 3.53. The molecular weight excluding hydrogens is 336 g/mol. The lowest BCUT2D eigenvalue weighted by Crippen LogP contribution is -2.23. The summed E-state index contributed by atoms with van der Waals surface area (Å²) in [5.74, 6) is -0.203. The lowest BCUT2D eigenvalue weighted by molar-refractivity contribution is 0.0945. The Hall–Kier alpha value is -2.74. The number of rotatable bonds is 5. The van der Waals surface area contributed by atoms with Crippen LogP contribution in [-0.4, -0.2) is 39.2 Å². The van der Waals surface area contributed by atoms with Gasteiger partial charge in [-0.3, -0.25) is 14.9 Å². The Morgan fingerprint density at radius 1 is 1.28 bits per heavy atom. The van der Waals surface area contributed by atoms with Crippen molar-refractivity contribution in [3.05, 3.63) is 47.2 Å². The topological polar surface area (TPSA) is 86.8 Å². The summed E-state index contributed by atoms with van der Waals surface area (Å²) in [6, 6.07) is 7.28. The molecule has 1 fully saturated rings. The minimum atomic E-state index is -0.203. The van der Waals surface area contributed by atoms with Crippen LogP contribution in [0.3, 0.4) is 0 Å². The van der Waals surface area contributed by atoms with Gasteiger partial charge in [0.1, 0.15) is 11.4 Å². The summed E-state index contributed by atoms with van der Waals surface area (Å²) >= 11 is 1.63. The number of amides is 1. The van der Waals surface area contributed by atoms with Crippen LogP contribution in [0.5, 0.6) is 0 Å². The van der Waals surface area contributed by atoms with E-state index in [0.29, 0.717) is 17.9 Å². The summed E-state index contributed by atoms with van der Waals surface area (Å²) in [5, 5.41) is 12.8. The Balaban J connectivity index is 1.37. The molecule has 4 rings (SSSR count). The van der Waals surface area contributed by atoms with Crippen molar-refractivity contribution >= 4 is 22.4 Å². The number of carbonyl (C=O) groups excluding carboxylic acids is 1. The predicted molar refractivity (Wildman–Crippen MR) is 96.5 cm³/mol. The van der Waals surface area contributed by atoms with Crippen LogP contribution < -0.4 is 10.2 Å². The smallest absolute Gasteiger partial charge is 0.269 e. The van der Waals surface area contributed by atoms with Crippen molar-refractivity contribution < 1.29 is 4.79 Å². The number of carbonyl (C=O) groups is 1. The van der Waals surface area contributed by atoms with Crippen LogP contribution in [0.15, 0.2) is 35.8 Å². The Morgan fingerprint density at radius 2 is 2.16 bits per heavy atom. The van der Waals surface area contributed by atoms with Gasteiger partial charge >= 0.3 is 0 Å². The monoisotopic (exact) mass is 354 g/mol. The molecule has 1 aliphatic heterocycles. The summed E-state index contributed by atoms with van der Waals surface area (Å²) in [5.41, 5.74) is 2.67. The highest BCUT2D eigenvalue weighted by Crippen LogP contribution is 2.24. The highest BCUT2D eigenvalue weighted by Gasteiger charge is 2.16. The molecular formula is C17H18N6OS. The van der Waals surface area contributed by atoms with Crippen molar-refractivity contribution in [2.75, 3.05) is 18.0 Å². The Bertz CT molecular complexity index is 853. The second-order valence-electron chi connectivity index (χ2n) is 5.88. The van der Waals surface area contributed by atoms with Gasteiger partial charge in [0.05, 0.1) is 17.9 Å². The molecule has 3 aromatic rings. The minimum absolute atomic E-state index is 0.203. The number of hydrogen-bond donors (Lipinski definition) is 2. The molecule has 0 aromatic carbocycles. The van der Waals surface area contributed by atoms with Gasteiger partial charge in [-0.15, -0.1) is 11.3 Å². The zero-order valence-electron chi connectivity index (χ0n) is 13.6. The van der Waals surface area contributed by atoms with Gasteiger partial charge in [-0.05, 0) is 31.0 Å². The number of thiazole rings is 1. The van der Waals surface area contributed by atoms with Gasteiger partial charge in [-0.25, -0.2) is 4.98 Å². The lowest BCUT2D eigenvalue weighted by atomic mass is 10.2. The molecule has 8 heteroatoms. The average molecular weight is 354 g/mol. The van der Waals surface area contributed by atoms with Gasteiger partial charge in [0.2, 0.25) is 0 Å². The van der Waals surface area contributed by atoms with Crippen LogP contribution >= 0.6 is 11.3 Å². The number of pyridine rings is 1. The van der Waals surface area contributed by atoms with E-state index in [0.717, 1.165) is 29.6 Å². The van der Waals surface area contributed by atoms with Gasteiger partial charge in [0, 0.05) is 24.7 Å². The van der Waals surface area contributed by atoms with E-state index in [1.807, 2.05) is 23.6 Å². The van der Waals surface area contributed by atoms with Crippen molar-refractivity contribution in [1.29, 1.82) is 0 Å². The number of anilines is 1. The van der Waals surface area contributed by atoms with E-state index in [1.54, 1.807) is 23.6 Å². The van der Waals surface area contributed by atoms with E-state index < -0.39 is 0 Å². The Labute approximate surface area is 149 Å². The third-order valence-electron chi connectivity index (χ3n) is 4.10. The maximum absolute atomic E-state index is 12.3. The minimum Gasteiger partial charge on any atom is -0.348 e. The third-order valence-corrected chi connectivity index (χ3v) is 5.05.